The molecule has 0 amide bonds. The molecule has 0 unspecified atom stereocenters. The van der Waals surface area contributed by atoms with Crippen LogP contribution < -0.4 is 0 Å². The molecule has 2 heterocycles. The molecule has 5 heteroatoms. The number of aryl methyl sites for hydroxylation is 2. The van der Waals surface area contributed by atoms with Crippen LogP contribution in [0.4, 0.5) is 0 Å². The van der Waals surface area contributed by atoms with Crippen molar-refractivity contribution >= 4 is 12.1 Å². The Balaban J connectivity index is 1.69. The van der Waals surface area contributed by atoms with Gasteiger partial charge in [0.15, 0.2) is 12.1 Å². The highest BCUT2D eigenvalue weighted by atomic mass is 16.4. The summed E-state index contributed by atoms with van der Waals surface area (Å²) < 4.78 is 5.70. The standard InChI is InChI=1S/C19H16N2O3/c1-13-17(21-19(24-13)14-5-3-2-4-6-14)9-10-18(23)15-7-8-16(12-22)20-11-15/h2-8,11-12H,9-10H2,1H3. The number of carbonyl (C=O) groups is 2. The third-order valence-electron chi connectivity index (χ3n) is 3.73. The first kappa shape index (κ1) is 15.8. The Hall–Kier alpha value is -3.08. The number of hydrogen-bond donors (Lipinski definition) is 0. The Morgan fingerprint density at radius 1 is 1.17 bits per heavy atom. The number of pyridine rings is 1. The normalized spacial score (nSPS) is 10.5. The van der Waals surface area contributed by atoms with E-state index >= 15 is 0 Å². The largest absolute Gasteiger partial charge is 0.441 e. The summed E-state index contributed by atoms with van der Waals surface area (Å²) in [5.74, 6) is 1.24. The fourth-order valence-corrected chi connectivity index (χ4v) is 2.38. The van der Waals surface area contributed by atoms with Crippen molar-refractivity contribution < 1.29 is 14.0 Å². The number of carbonyl (C=O) groups excluding carboxylic acids is 2. The zero-order valence-corrected chi connectivity index (χ0v) is 13.2. The van der Waals surface area contributed by atoms with E-state index in [1.54, 1.807) is 6.07 Å². The molecule has 0 spiro atoms. The van der Waals surface area contributed by atoms with Crippen LogP contribution in [0, 0.1) is 6.92 Å². The lowest BCUT2D eigenvalue weighted by Gasteiger charge is -2.00. The minimum atomic E-state index is -0.0383. The number of ketones is 1. The monoisotopic (exact) mass is 320 g/mol. The van der Waals surface area contributed by atoms with Crippen molar-refractivity contribution in [3.8, 4) is 11.5 Å². The maximum absolute atomic E-state index is 12.2. The molecule has 0 radical (unpaired) electrons. The van der Waals surface area contributed by atoms with Crippen LogP contribution in [0.2, 0.25) is 0 Å². The molecule has 1 aromatic carbocycles. The number of oxazole rings is 1. The molecular weight excluding hydrogens is 304 g/mol. The highest BCUT2D eigenvalue weighted by Crippen LogP contribution is 2.22. The van der Waals surface area contributed by atoms with Gasteiger partial charge in [-0.2, -0.15) is 0 Å². The van der Waals surface area contributed by atoms with Gasteiger partial charge in [-0.1, -0.05) is 18.2 Å². The molecule has 0 aliphatic carbocycles. The maximum atomic E-state index is 12.2. The molecule has 0 bridgehead atoms. The van der Waals surface area contributed by atoms with E-state index in [1.165, 1.54) is 12.3 Å². The lowest BCUT2D eigenvalue weighted by atomic mass is 10.1. The summed E-state index contributed by atoms with van der Waals surface area (Å²) in [6.45, 7) is 1.85. The Morgan fingerprint density at radius 2 is 1.96 bits per heavy atom. The predicted octanol–water partition coefficient (Wildman–Crippen LogP) is 3.67. The lowest BCUT2D eigenvalue weighted by Crippen LogP contribution is -2.03. The van der Waals surface area contributed by atoms with Crippen LogP contribution in [0.5, 0.6) is 0 Å². The molecule has 0 saturated heterocycles. The van der Waals surface area contributed by atoms with Gasteiger partial charge in [0.25, 0.3) is 0 Å². The SMILES string of the molecule is Cc1oc(-c2ccccc2)nc1CCC(=O)c1ccc(C=O)nc1. The van der Waals surface area contributed by atoms with Gasteiger partial charge in [0.1, 0.15) is 11.5 Å². The van der Waals surface area contributed by atoms with Crippen molar-refractivity contribution in [1.29, 1.82) is 0 Å². The molecule has 0 aliphatic heterocycles. The van der Waals surface area contributed by atoms with Gasteiger partial charge in [-0.15, -0.1) is 0 Å². The molecule has 3 aromatic rings. The van der Waals surface area contributed by atoms with Gasteiger partial charge < -0.3 is 4.42 Å². The first-order valence-electron chi connectivity index (χ1n) is 7.63. The van der Waals surface area contributed by atoms with Crippen LogP contribution in [0.1, 0.15) is 38.7 Å². The van der Waals surface area contributed by atoms with Crippen LogP contribution >= 0.6 is 0 Å². The molecule has 0 fully saturated rings. The number of benzene rings is 1. The topological polar surface area (TPSA) is 73.1 Å². The van der Waals surface area contributed by atoms with Crippen LogP contribution in [0.25, 0.3) is 11.5 Å². The van der Waals surface area contributed by atoms with Crippen molar-refractivity contribution in [2.24, 2.45) is 0 Å². The molecule has 0 saturated carbocycles. The Labute approximate surface area is 139 Å². The number of aldehydes is 1. The summed E-state index contributed by atoms with van der Waals surface area (Å²) in [4.78, 5) is 31.2. The number of Topliss-reactive ketones (excluding diaryl/α,β-unsaturated/α-hetero) is 1. The number of aromatic nitrogens is 2. The summed E-state index contributed by atoms with van der Waals surface area (Å²) >= 11 is 0. The van der Waals surface area contributed by atoms with Gasteiger partial charge in [-0.05, 0) is 31.2 Å². The second kappa shape index (κ2) is 7.00. The third kappa shape index (κ3) is 3.46. The number of hydrogen-bond acceptors (Lipinski definition) is 5. The molecule has 2 aromatic heterocycles. The summed E-state index contributed by atoms with van der Waals surface area (Å²) in [7, 11) is 0. The zero-order chi connectivity index (χ0) is 16.9. The van der Waals surface area contributed by atoms with Crippen LogP contribution in [-0.4, -0.2) is 22.0 Å². The van der Waals surface area contributed by atoms with Gasteiger partial charge in [0.05, 0.1) is 5.69 Å². The first-order valence-corrected chi connectivity index (χ1v) is 7.63. The zero-order valence-electron chi connectivity index (χ0n) is 13.2. The van der Waals surface area contributed by atoms with E-state index in [0.717, 1.165) is 17.0 Å². The average molecular weight is 320 g/mol. The number of nitrogens with zero attached hydrogens (tertiary/aromatic N) is 2. The molecular formula is C19H16N2O3. The Kier molecular flexibility index (Phi) is 4.61. The molecule has 0 atom stereocenters. The van der Waals surface area contributed by atoms with E-state index in [2.05, 4.69) is 9.97 Å². The minimum absolute atomic E-state index is 0.0383. The maximum Gasteiger partial charge on any atom is 0.226 e. The first-order chi connectivity index (χ1) is 11.7. The van der Waals surface area contributed by atoms with E-state index in [0.29, 0.717) is 36.3 Å². The highest BCUT2D eigenvalue weighted by Gasteiger charge is 2.14. The summed E-state index contributed by atoms with van der Waals surface area (Å²) in [6, 6.07) is 12.8. The van der Waals surface area contributed by atoms with E-state index in [1.807, 2.05) is 37.3 Å². The average Bonchev–Trinajstić information content (AvgIpc) is 3.01. The molecule has 0 N–H and O–H groups in total. The number of rotatable bonds is 6. The molecule has 5 nitrogen and oxygen atoms in total. The van der Waals surface area contributed by atoms with E-state index in [9.17, 15) is 9.59 Å². The Morgan fingerprint density at radius 3 is 2.62 bits per heavy atom. The second-order valence-electron chi connectivity index (χ2n) is 5.40. The van der Waals surface area contributed by atoms with Crippen molar-refractivity contribution in [3.63, 3.8) is 0 Å². The Bertz CT molecular complexity index is 852. The van der Waals surface area contributed by atoms with Crippen LogP contribution in [-0.2, 0) is 6.42 Å². The van der Waals surface area contributed by atoms with E-state index in [-0.39, 0.29) is 5.78 Å². The van der Waals surface area contributed by atoms with Gasteiger partial charge in [-0.3, -0.25) is 14.6 Å². The van der Waals surface area contributed by atoms with E-state index < -0.39 is 0 Å². The quantitative estimate of drug-likeness (QED) is 0.512. The highest BCUT2D eigenvalue weighted by molar-refractivity contribution is 5.96. The van der Waals surface area contributed by atoms with Gasteiger partial charge >= 0.3 is 0 Å². The van der Waals surface area contributed by atoms with E-state index in [4.69, 9.17) is 4.42 Å². The molecule has 120 valence electrons. The minimum Gasteiger partial charge on any atom is -0.441 e. The van der Waals surface area contributed by atoms with Crippen molar-refractivity contribution in [2.75, 3.05) is 0 Å². The van der Waals surface area contributed by atoms with Crippen molar-refractivity contribution in [1.82, 2.24) is 9.97 Å². The third-order valence-corrected chi connectivity index (χ3v) is 3.73. The fourth-order valence-electron chi connectivity index (χ4n) is 2.38. The summed E-state index contributed by atoms with van der Waals surface area (Å²) in [6.07, 6.45) is 2.88. The second-order valence-corrected chi connectivity index (χ2v) is 5.40. The van der Waals surface area contributed by atoms with Gasteiger partial charge in [0, 0.05) is 30.2 Å². The predicted molar refractivity (Wildman–Crippen MR) is 89.0 cm³/mol. The van der Waals surface area contributed by atoms with Crippen LogP contribution in [0.15, 0.2) is 53.1 Å². The van der Waals surface area contributed by atoms with Crippen molar-refractivity contribution in [3.05, 3.63) is 71.4 Å². The van der Waals surface area contributed by atoms with Gasteiger partial charge in [0.2, 0.25) is 5.89 Å². The molecule has 24 heavy (non-hydrogen) atoms. The molecule has 0 aliphatic rings. The van der Waals surface area contributed by atoms with Gasteiger partial charge in [-0.25, -0.2) is 4.98 Å². The van der Waals surface area contributed by atoms with Crippen LogP contribution in [0.3, 0.4) is 0 Å². The fraction of sp³-hybridized carbons (Fsp3) is 0.158. The van der Waals surface area contributed by atoms with Crippen molar-refractivity contribution in [2.45, 2.75) is 19.8 Å². The smallest absolute Gasteiger partial charge is 0.226 e. The summed E-state index contributed by atoms with van der Waals surface area (Å²) in [5.41, 5.74) is 2.49. The summed E-state index contributed by atoms with van der Waals surface area (Å²) in [5, 5.41) is 0. The lowest BCUT2D eigenvalue weighted by molar-refractivity contribution is 0.0981. The molecule has 3 rings (SSSR count).